The van der Waals surface area contributed by atoms with Crippen molar-refractivity contribution in [1.29, 1.82) is 0 Å². The molecular weight excluding hydrogens is 403 g/mol. The highest BCUT2D eigenvalue weighted by atomic mass is 19.1. The molecule has 3 heterocycles. The number of halogens is 1. The molecule has 0 unspecified atom stereocenters. The van der Waals surface area contributed by atoms with E-state index < -0.39 is 28.4 Å². The highest BCUT2D eigenvalue weighted by Crippen LogP contribution is 2.34. The van der Waals surface area contributed by atoms with Crippen LogP contribution in [0.3, 0.4) is 0 Å². The van der Waals surface area contributed by atoms with Gasteiger partial charge in [0.15, 0.2) is 5.75 Å². The van der Waals surface area contributed by atoms with Crippen molar-refractivity contribution in [2.24, 2.45) is 0 Å². The van der Waals surface area contributed by atoms with Gasteiger partial charge >= 0.3 is 0 Å². The molecule has 2 aromatic heterocycles. The van der Waals surface area contributed by atoms with Gasteiger partial charge in [-0.2, -0.15) is 0 Å². The van der Waals surface area contributed by atoms with Gasteiger partial charge in [-0.05, 0) is 31.5 Å². The number of aromatic hydroxyl groups is 1. The fraction of sp³-hybridized carbons (Fsp3) is 0.318. The molecule has 162 valence electrons. The zero-order valence-corrected chi connectivity index (χ0v) is 17.2. The summed E-state index contributed by atoms with van der Waals surface area (Å²) in [6.45, 7) is 3.71. The number of benzene rings is 1. The van der Waals surface area contributed by atoms with Crippen molar-refractivity contribution in [1.82, 2.24) is 14.9 Å². The van der Waals surface area contributed by atoms with E-state index in [1.54, 1.807) is 18.3 Å². The van der Waals surface area contributed by atoms with E-state index in [0.29, 0.717) is 30.7 Å². The second kappa shape index (κ2) is 7.66. The molecule has 4 rings (SSSR count). The van der Waals surface area contributed by atoms with E-state index in [9.17, 15) is 24.2 Å². The van der Waals surface area contributed by atoms with Crippen LogP contribution < -0.4 is 16.2 Å². The normalized spacial score (nSPS) is 13.2. The van der Waals surface area contributed by atoms with Crippen LogP contribution in [-0.4, -0.2) is 44.4 Å². The Balaban J connectivity index is 1.81. The Morgan fingerprint density at radius 1 is 1.32 bits per heavy atom. The Hall–Kier alpha value is -3.46. The predicted octanol–water partition coefficient (Wildman–Crippen LogP) is 1.76. The summed E-state index contributed by atoms with van der Waals surface area (Å²) in [7, 11) is 0. The summed E-state index contributed by atoms with van der Waals surface area (Å²) in [6.07, 6.45) is 2.03. The van der Waals surface area contributed by atoms with Gasteiger partial charge in [-0.1, -0.05) is 12.1 Å². The van der Waals surface area contributed by atoms with Crippen LogP contribution in [0.15, 0.2) is 35.3 Å². The summed E-state index contributed by atoms with van der Waals surface area (Å²) >= 11 is 0. The van der Waals surface area contributed by atoms with E-state index >= 15 is 0 Å². The number of nitrogens with one attached hydrogen (secondary N) is 2. The van der Waals surface area contributed by atoms with Gasteiger partial charge in [0.2, 0.25) is 0 Å². The average molecular weight is 426 g/mol. The molecule has 1 aliphatic rings. The van der Waals surface area contributed by atoms with Gasteiger partial charge < -0.3 is 25.4 Å². The van der Waals surface area contributed by atoms with Crippen LogP contribution in [0.5, 0.6) is 5.75 Å². The van der Waals surface area contributed by atoms with Gasteiger partial charge in [0.25, 0.3) is 11.5 Å². The summed E-state index contributed by atoms with van der Waals surface area (Å²) in [4.78, 5) is 30.0. The van der Waals surface area contributed by atoms with Crippen LogP contribution in [0, 0.1) is 5.82 Å². The van der Waals surface area contributed by atoms with Crippen molar-refractivity contribution in [2.45, 2.75) is 32.4 Å². The number of nitrogens with zero attached hydrogens (tertiary/aromatic N) is 2. The van der Waals surface area contributed by atoms with Gasteiger partial charge in [-0.15, -0.1) is 0 Å². The van der Waals surface area contributed by atoms with Crippen molar-refractivity contribution >= 4 is 22.6 Å². The summed E-state index contributed by atoms with van der Waals surface area (Å²) in [6, 6.07) is 6.11. The molecule has 0 atom stereocenters. The highest BCUT2D eigenvalue weighted by Gasteiger charge is 2.28. The number of carbonyl (C=O) groups is 1. The first-order valence-electron chi connectivity index (χ1n) is 9.92. The fourth-order valence-electron chi connectivity index (χ4n) is 3.68. The van der Waals surface area contributed by atoms with Crippen LogP contribution in [0.25, 0.3) is 11.0 Å². The van der Waals surface area contributed by atoms with E-state index in [-0.39, 0.29) is 17.9 Å². The molecule has 0 fully saturated rings. The minimum Gasteiger partial charge on any atom is -0.505 e. The number of hydrogen-bond acceptors (Lipinski definition) is 6. The number of carbonyl (C=O) groups excluding carboxylic acids is 1. The quantitative estimate of drug-likeness (QED) is 0.494. The fourth-order valence-corrected chi connectivity index (χ4v) is 3.68. The minimum atomic E-state index is -1.17. The Bertz CT molecular complexity index is 1230. The van der Waals surface area contributed by atoms with Crippen LogP contribution in [-0.2, 0) is 13.0 Å². The molecule has 0 saturated carbocycles. The van der Waals surface area contributed by atoms with Gasteiger partial charge in [-0.3, -0.25) is 14.6 Å². The van der Waals surface area contributed by atoms with Crippen molar-refractivity contribution in [3.63, 3.8) is 0 Å². The lowest BCUT2D eigenvalue weighted by Crippen LogP contribution is -2.41. The summed E-state index contributed by atoms with van der Waals surface area (Å²) < 4.78 is 14.6. The molecule has 0 spiro atoms. The molecule has 8 nitrogen and oxygen atoms in total. The molecule has 1 amide bonds. The van der Waals surface area contributed by atoms with Crippen LogP contribution >= 0.6 is 0 Å². The molecule has 4 N–H and O–H groups in total. The minimum absolute atomic E-state index is 0.0837. The first kappa shape index (κ1) is 20.8. The maximum absolute atomic E-state index is 13.2. The Morgan fingerprint density at radius 3 is 2.71 bits per heavy atom. The first-order valence-corrected chi connectivity index (χ1v) is 9.92. The van der Waals surface area contributed by atoms with Gasteiger partial charge in [0, 0.05) is 37.8 Å². The largest absolute Gasteiger partial charge is 0.505 e. The highest BCUT2D eigenvalue weighted by molar-refractivity contribution is 6.04. The van der Waals surface area contributed by atoms with Crippen molar-refractivity contribution in [3.05, 3.63) is 63.3 Å². The molecule has 0 radical (unpaired) electrons. The Morgan fingerprint density at radius 2 is 2.03 bits per heavy atom. The molecule has 0 bridgehead atoms. The van der Waals surface area contributed by atoms with Crippen LogP contribution in [0.1, 0.15) is 35.3 Å². The maximum Gasteiger partial charge on any atom is 0.267 e. The predicted molar refractivity (Wildman–Crippen MR) is 114 cm³/mol. The Kier molecular flexibility index (Phi) is 5.14. The molecule has 1 aliphatic heterocycles. The first-order chi connectivity index (χ1) is 14.7. The Labute approximate surface area is 177 Å². The molecule has 3 aromatic rings. The zero-order chi connectivity index (χ0) is 22.3. The number of anilines is 1. The molecule has 31 heavy (non-hydrogen) atoms. The topological polar surface area (TPSA) is 116 Å². The summed E-state index contributed by atoms with van der Waals surface area (Å²) in [5.41, 5.74) is 0.668. The standard InChI is InChI=1S/C22H23FN4O4/c1-22(2,31)11-26-20(29)15-19(28)17-18-16(24-7-8-27(18)21(15)30)13(10-25-17)9-12-3-5-14(23)6-4-12/h3-6,10,24,28,31H,7-9,11H2,1-2H3,(H,26,29). The smallest absolute Gasteiger partial charge is 0.267 e. The van der Waals surface area contributed by atoms with E-state index in [1.165, 1.54) is 30.5 Å². The SMILES string of the molecule is CC(C)(O)CNC(=O)c1c(O)c2ncc(Cc3ccc(F)cc3)c3c2n(c1=O)CCN3. The number of amides is 1. The number of hydrogen-bond donors (Lipinski definition) is 4. The second-order valence-electron chi connectivity index (χ2n) is 8.26. The van der Waals surface area contributed by atoms with E-state index in [1.807, 2.05) is 0 Å². The van der Waals surface area contributed by atoms with Crippen LogP contribution in [0.2, 0.25) is 0 Å². The lowest BCUT2D eigenvalue weighted by molar-refractivity contribution is 0.0692. The summed E-state index contributed by atoms with van der Waals surface area (Å²) in [5.74, 6) is -1.59. The van der Waals surface area contributed by atoms with E-state index in [0.717, 1.165) is 11.1 Å². The van der Waals surface area contributed by atoms with Gasteiger partial charge in [0.1, 0.15) is 16.9 Å². The zero-order valence-electron chi connectivity index (χ0n) is 17.2. The molecular formula is C22H23FN4O4. The van der Waals surface area contributed by atoms with E-state index in [4.69, 9.17) is 0 Å². The molecule has 1 aromatic carbocycles. The molecule has 0 saturated heterocycles. The average Bonchev–Trinajstić information content (AvgIpc) is 2.72. The van der Waals surface area contributed by atoms with Gasteiger partial charge in [-0.25, -0.2) is 4.39 Å². The lowest BCUT2D eigenvalue weighted by Gasteiger charge is -2.24. The van der Waals surface area contributed by atoms with Crippen LogP contribution in [0.4, 0.5) is 10.1 Å². The van der Waals surface area contributed by atoms with Crippen molar-refractivity contribution in [2.75, 3.05) is 18.4 Å². The third-order valence-electron chi connectivity index (χ3n) is 5.18. The van der Waals surface area contributed by atoms with Crippen molar-refractivity contribution < 1.29 is 19.4 Å². The maximum atomic E-state index is 13.2. The molecule has 0 aliphatic carbocycles. The number of aromatic nitrogens is 2. The monoisotopic (exact) mass is 426 g/mol. The van der Waals surface area contributed by atoms with Crippen molar-refractivity contribution in [3.8, 4) is 5.75 Å². The third-order valence-corrected chi connectivity index (χ3v) is 5.18. The van der Waals surface area contributed by atoms with E-state index in [2.05, 4.69) is 15.6 Å². The third kappa shape index (κ3) is 3.96. The van der Waals surface area contributed by atoms with Gasteiger partial charge in [0.05, 0.1) is 16.8 Å². The number of aliphatic hydroxyl groups is 1. The number of pyridine rings is 2. The lowest BCUT2D eigenvalue weighted by atomic mass is 10.0. The molecule has 9 heteroatoms. The number of rotatable bonds is 5. The summed E-state index contributed by atoms with van der Waals surface area (Å²) in [5, 5.41) is 26.3. The second-order valence-corrected chi connectivity index (χ2v) is 8.26.